The molecule has 0 fully saturated rings. The molecule has 1 heterocycles. The number of hydrogen-bond donors (Lipinski definition) is 0. The van der Waals surface area contributed by atoms with Gasteiger partial charge in [-0.3, -0.25) is 0 Å². The summed E-state index contributed by atoms with van der Waals surface area (Å²) < 4.78 is 13.6. The van der Waals surface area contributed by atoms with Gasteiger partial charge in [0.25, 0.3) is 0 Å². The average molecular weight is 444 g/mol. The zero-order valence-corrected chi connectivity index (χ0v) is 17.9. The Morgan fingerprint density at radius 2 is 1.82 bits per heavy atom. The molecule has 5 nitrogen and oxygen atoms in total. The molecule has 1 aromatic heterocycles. The highest BCUT2D eigenvalue weighted by Gasteiger charge is 2.23. The summed E-state index contributed by atoms with van der Waals surface area (Å²) in [4.78, 5) is 25.1. The van der Waals surface area contributed by atoms with Crippen LogP contribution in [-0.4, -0.2) is 23.1 Å². The van der Waals surface area contributed by atoms with Gasteiger partial charge < -0.3 is 14.0 Å². The van der Waals surface area contributed by atoms with Gasteiger partial charge in [0, 0.05) is 27.1 Å². The molecular formula is C22H22BrNO4. The topological polar surface area (TPSA) is 57.5 Å². The third kappa shape index (κ3) is 3.69. The molecule has 146 valence electrons. The van der Waals surface area contributed by atoms with Crippen LogP contribution in [0.2, 0.25) is 0 Å². The van der Waals surface area contributed by atoms with Crippen molar-refractivity contribution in [1.82, 2.24) is 4.57 Å². The number of carbonyl (C=O) groups is 2. The number of carbonyl (C=O) groups excluding carboxylic acids is 2. The van der Waals surface area contributed by atoms with Crippen LogP contribution in [0.3, 0.4) is 0 Å². The van der Waals surface area contributed by atoms with Gasteiger partial charge in [0.2, 0.25) is 0 Å². The molecule has 0 spiro atoms. The molecular weight excluding hydrogens is 422 g/mol. The standard InChI is InChI=1S/C22H22BrNO4/c1-5-27-22(26)20-14(4)24(13(2)3)19-11-10-15(12-17(19)20)28-21(25)16-8-6-7-9-18(16)23/h6-13H,5H2,1-4H3. The van der Waals surface area contributed by atoms with Crippen LogP contribution in [-0.2, 0) is 4.74 Å². The number of nitrogens with zero attached hydrogens (tertiary/aromatic N) is 1. The minimum Gasteiger partial charge on any atom is -0.462 e. The fourth-order valence-corrected chi connectivity index (χ4v) is 3.85. The lowest BCUT2D eigenvalue weighted by Crippen LogP contribution is -2.09. The van der Waals surface area contributed by atoms with Crippen LogP contribution in [0.5, 0.6) is 5.75 Å². The largest absolute Gasteiger partial charge is 0.462 e. The lowest BCUT2D eigenvalue weighted by Gasteiger charge is -2.12. The molecule has 0 bridgehead atoms. The van der Waals surface area contributed by atoms with Crippen LogP contribution in [0.25, 0.3) is 10.9 Å². The summed E-state index contributed by atoms with van der Waals surface area (Å²) in [5.74, 6) is -0.470. The molecule has 0 aliphatic rings. The molecule has 6 heteroatoms. The van der Waals surface area contributed by atoms with Gasteiger partial charge >= 0.3 is 11.9 Å². The summed E-state index contributed by atoms with van der Waals surface area (Å²) in [6.45, 7) is 8.09. The Balaban J connectivity index is 2.07. The molecule has 0 radical (unpaired) electrons. The van der Waals surface area contributed by atoms with Crippen LogP contribution >= 0.6 is 15.9 Å². The molecule has 0 aliphatic carbocycles. The number of esters is 2. The van der Waals surface area contributed by atoms with Crippen molar-refractivity contribution in [3.8, 4) is 5.75 Å². The predicted molar refractivity (Wildman–Crippen MR) is 112 cm³/mol. The summed E-state index contributed by atoms with van der Waals surface area (Å²) in [7, 11) is 0. The Kier molecular flexibility index (Phi) is 5.89. The Bertz CT molecular complexity index is 1050. The highest BCUT2D eigenvalue weighted by atomic mass is 79.9. The zero-order valence-electron chi connectivity index (χ0n) is 16.3. The first-order valence-electron chi connectivity index (χ1n) is 9.13. The smallest absolute Gasteiger partial charge is 0.344 e. The number of hydrogen-bond acceptors (Lipinski definition) is 4. The lowest BCUT2D eigenvalue weighted by molar-refractivity contribution is 0.0527. The van der Waals surface area contributed by atoms with E-state index in [0.717, 1.165) is 11.2 Å². The number of ether oxygens (including phenoxy) is 2. The molecule has 2 aromatic carbocycles. The maximum Gasteiger partial charge on any atom is 0.344 e. The zero-order chi connectivity index (χ0) is 20.4. The van der Waals surface area contributed by atoms with Crippen LogP contribution in [0, 0.1) is 6.92 Å². The predicted octanol–water partition coefficient (Wildman–Crippen LogP) is 5.69. The van der Waals surface area contributed by atoms with Gasteiger partial charge in [-0.05, 0) is 74.0 Å². The number of benzene rings is 2. The van der Waals surface area contributed by atoms with Gasteiger partial charge in [0.15, 0.2) is 0 Å². The van der Waals surface area contributed by atoms with E-state index in [9.17, 15) is 9.59 Å². The number of halogens is 1. The molecule has 0 saturated heterocycles. The van der Waals surface area contributed by atoms with E-state index >= 15 is 0 Å². The molecule has 28 heavy (non-hydrogen) atoms. The van der Waals surface area contributed by atoms with Crippen LogP contribution < -0.4 is 4.74 Å². The first-order chi connectivity index (χ1) is 13.3. The second-order valence-electron chi connectivity index (χ2n) is 6.69. The van der Waals surface area contributed by atoms with E-state index in [2.05, 4.69) is 34.3 Å². The van der Waals surface area contributed by atoms with Crippen molar-refractivity contribution in [2.45, 2.75) is 33.7 Å². The fraction of sp³-hybridized carbons (Fsp3) is 0.273. The fourth-order valence-electron chi connectivity index (χ4n) is 3.40. The summed E-state index contributed by atoms with van der Waals surface area (Å²) in [5, 5.41) is 0.710. The normalized spacial score (nSPS) is 11.1. The van der Waals surface area contributed by atoms with E-state index in [4.69, 9.17) is 9.47 Å². The average Bonchev–Trinajstić information content (AvgIpc) is 2.93. The van der Waals surface area contributed by atoms with Crippen LogP contribution in [0.4, 0.5) is 0 Å². The third-order valence-electron chi connectivity index (χ3n) is 4.52. The Labute approximate surface area is 172 Å². The molecule has 0 N–H and O–H groups in total. The molecule has 0 atom stereocenters. The second kappa shape index (κ2) is 8.19. The van der Waals surface area contributed by atoms with E-state index in [-0.39, 0.29) is 12.0 Å². The van der Waals surface area contributed by atoms with Crippen LogP contribution in [0.15, 0.2) is 46.9 Å². The number of fused-ring (bicyclic) bond motifs is 1. The van der Waals surface area contributed by atoms with E-state index in [1.54, 1.807) is 37.3 Å². The van der Waals surface area contributed by atoms with Gasteiger partial charge in [0.05, 0.1) is 17.7 Å². The molecule has 3 rings (SSSR count). The maximum atomic E-state index is 12.6. The monoisotopic (exact) mass is 443 g/mol. The SMILES string of the molecule is CCOC(=O)c1c(C)n(C(C)C)c2ccc(OC(=O)c3ccccc3Br)cc12. The van der Waals surface area contributed by atoms with Crippen molar-refractivity contribution in [2.75, 3.05) is 6.61 Å². The van der Waals surface area contributed by atoms with Gasteiger partial charge in [-0.15, -0.1) is 0 Å². The van der Waals surface area contributed by atoms with Crippen molar-refractivity contribution in [3.05, 3.63) is 63.8 Å². The molecule has 0 saturated carbocycles. The van der Waals surface area contributed by atoms with E-state index in [1.807, 2.05) is 19.1 Å². The first kappa shape index (κ1) is 20.1. The van der Waals surface area contributed by atoms with Gasteiger partial charge in [-0.2, -0.15) is 0 Å². The highest BCUT2D eigenvalue weighted by molar-refractivity contribution is 9.10. The maximum absolute atomic E-state index is 12.6. The molecule has 0 aliphatic heterocycles. The van der Waals surface area contributed by atoms with Crippen molar-refractivity contribution in [1.29, 1.82) is 0 Å². The van der Waals surface area contributed by atoms with Gasteiger partial charge in [0.1, 0.15) is 5.75 Å². The number of rotatable bonds is 5. The van der Waals surface area contributed by atoms with Crippen molar-refractivity contribution in [2.24, 2.45) is 0 Å². The molecule has 0 amide bonds. The Hall–Kier alpha value is -2.60. The Morgan fingerprint density at radius 3 is 2.46 bits per heavy atom. The highest BCUT2D eigenvalue weighted by Crippen LogP contribution is 2.33. The van der Waals surface area contributed by atoms with Crippen molar-refractivity contribution in [3.63, 3.8) is 0 Å². The van der Waals surface area contributed by atoms with E-state index in [1.165, 1.54) is 0 Å². The summed E-state index contributed by atoms with van der Waals surface area (Å²) in [6.07, 6.45) is 0. The van der Waals surface area contributed by atoms with Crippen molar-refractivity contribution < 1.29 is 19.1 Å². The quantitative estimate of drug-likeness (QED) is 0.375. The third-order valence-corrected chi connectivity index (χ3v) is 5.21. The minimum absolute atomic E-state index is 0.166. The van der Waals surface area contributed by atoms with Gasteiger partial charge in [-0.1, -0.05) is 12.1 Å². The Morgan fingerprint density at radius 1 is 1.11 bits per heavy atom. The summed E-state index contributed by atoms with van der Waals surface area (Å²) in [6, 6.07) is 12.6. The molecule has 0 unspecified atom stereocenters. The van der Waals surface area contributed by atoms with E-state index in [0.29, 0.717) is 33.3 Å². The minimum atomic E-state index is -0.468. The van der Waals surface area contributed by atoms with E-state index < -0.39 is 5.97 Å². The lowest BCUT2D eigenvalue weighted by atomic mass is 10.1. The summed E-state index contributed by atoms with van der Waals surface area (Å²) in [5.41, 5.74) is 2.67. The van der Waals surface area contributed by atoms with Crippen LogP contribution in [0.1, 0.15) is 53.2 Å². The first-order valence-corrected chi connectivity index (χ1v) is 9.92. The van der Waals surface area contributed by atoms with Crippen molar-refractivity contribution >= 4 is 38.8 Å². The van der Waals surface area contributed by atoms with Gasteiger partial charge in [-0.25, -0.2) is 9.59 Å². The number of aromatic nitrogens is 1. The second-order valence-corrected chi connectivity index (χ2v) is 7.55. The summed E-state index contributed by atoms with van der Waals surface area (Å²) >= 11 is 3.36. The molecule has 3 aromatic rings.